The Hall–Kier alpha value is -0.460. The van der Waals surface area contributed by atoms with Crippen LogP contribution in [-0.4, -0.2) is 10.6 Å². The average Bonchev–Trinajstić information content (AvgIpc) is 2.56. The molecule has 1 aliphatic heterocycles. The molecule has 0 bridgehead atoms. The maximum atomic E-state index is 10.8. The number of hydrogen-bond acceptors (Lipinski definition) is 3. The van der Waals surface area contributed by atoms with Gasteiger partial charge in [-0.1, -0.05) is 54.4 Å². The molecule has 20 heavy (non-hydrogen) atoms. The van der Waals surface area contributed by atoms with Crippen LogP contribution in [0.3, 0.4) is 0 Å². The van der Waals surface area contributed by atoms with Crippen molar-refractivity contribution in [2.45, 2.75) is 30.1 Å². The van der Waals surface area contributed by atoms with Crippen LogP contribution in [0.2, 0.25) is 5.02 Å². The summed E-state index contributed by atoms with van der Waals surface area (Å²) in [5.74, 6) is 0.412. The molecule has 2 unspecified atom stereocenters. The normalized spacial score (nSPS) is 25.0. The van der Waals surface area contributed by atoms with Crippen molar-refractivity contribution in [3.8, 4) is 5.75 Å². The molecule has 0 radical (unpaired) electrons. The molecule has 1 N–H and O–H groups in total. The van der Waals surface area contributed by atoms with Gasteiger partial charge < -0.3 is 20.0 Å². The summed E-state index contributed by atoms with van der Waals surface area (Å²) in [7, 11) is 0. The van der Waals surface area contributed by atoms with Gasteiger partial charge in [0.05, 0.1) is 9.85 Å². The SMILES string of the molecule is CC(C)(C)C1(Br)Oc2c(ccc(Cl)c2NC(=O)[O-])C1Br. The number of ether oxygens (including phenoxy) is 1. The third-order valence-electron chi connectivity index (χ3n) is 3.24. The van der Waals surface area contributed by atoms with Crippen LogP contribution in [0.4, 0.5) is 10.5 Å². The Morgan fingerprint density at radius 1 is 1.50 bits per heavy atom. The molecule has 0 aromatic heterocycles. The summed E-state index contributed by atoms with van der Waals surface area (Å²) < 4.78 is 5.30. The number of carbonyl (C=O) groups is 1. The van der Waals surface area contributed by atoms with Crippen LogP contribution in [0.15, 0.2) is 12.1 Å². The zero-order chi connectivity index (χ0) is 15.3. The van der Waals surface area contributed by atoms with Crippen LogP contribution in [0, 0.1) is 5.41 Å². The van der Waals surface area contributed by atoms with Crippen molar-refractivity contribution in [2.75, 3.05) is 5.32 Å². The Balaban J connectivity index is 2.56. The van der Waals surface area contributed by atoms with E-state index >= 15 is 0 Å². The average molecular weight is 427 g/mol. The van der Waals surface area contributed by atoms with Crippen LogP contribution in [0.5, 0.6) is 5.75 Å². The summed E-state index contributed by atoms with van der Waals surface area (Å²) in [5, 5.41) is 13.3. The van der Waals surface area contributed by atoms with Crippen molar-refractivity contribution >= 4 is 55.2 Å². The molecule has 0 saturated carbocycles. The molecule has 0 saturated heterocycles. The first kappa shape index (κ1) is 15.9. The first-order valence-electron chi connectivity index (χ1n) is 5.90. The highest BCUT2D eigenvalue weighted by molar-refractivity contribution is 9.12. The fraction of sp³-hybridized carbons (Fsp3) is 0.462. The van der Waals surface area contributed by atoms with Crippen LogP contribution < -0.4 is 15.2 Å². The van der Waals surface area contributed by atoms with E-state index in [0.29, 0.717) is 5.75 Å². The monoisotopic (exact) mass is 424 g/mol. The lowest BCUT2D eigenvalue weighted by Gasteiger charge is -2.38. The van der Waals surface area contributed by atoms with E-state index in [4.69, 9.17) is 16.3 Å². The number of amides is 1. The van der Waals surface area contributed by atoms with Crippen molar-refractivity contribution in [1.82, 2.24) is 0 Å². The van der Waals surface area contributed by atoms with Gasteiger partial charge in [-0.2, -0.15) is 0 Å². The molecule has 1 aliphatic rings. The van der Waals surface area contributed by atoms with E-state index in [-0.39, 0.29) is 21.0 Å². The highest BCUT2D eigenvalue weighted by atomic mass is 79.9. The van der Waals surface area contributed by atoms with Crippen LogP contribution in [0.25, 0.3) is 0 Å². The number of benzene rings is 1. The number of rotatable bonds is 1. The fourth-order valence-electron chi connectivity index (χ4n) is 2.04. The number of hydrogen-bond donors (Lipinski definition) is 1. The molecule has 2 rings (SSSR count). The van der Waals surface area contributed by atoms with E-state index < -0.39 is 10.6 Å². The van der Waals surface area contributed by atoms with Gasteiger partial charge in [-0.15, -0.1) is 0 Å². The molecule has 7 heteroatoms. The minimum absolute atomic E-state index is 0.149. The van der Waals surface area contributed by atoms with Crippen molar-refractivity contribution in [3.05, 3.63) is 22.7 Å². The van der Waals surface area contributed by atoms with Gasteiger partial charge in [0, 0.05) is 11.0 Å². The molecule has 1 aromatic rings. The van der Waals surface area contributed by atoms with Crippen LogP contribution in [0.1, 0.15) is 31.2 Å². The van der Waals surface area contributed by atoms with Gasteiger partial charge in [0.2, 0.25) is 0 Å². The van der Waals surface area contributed by atoms with Crippen molar-refractivity contribution in [3.63, 3.8) is 0 Å². The molecule has 4 nitrogen and oxygen atoms in total. The maximum Gasteiger partial charge on any atom is 0.184 e. The minimum atomic E-state index is -1.43. The summed E-state index contributed by atoms with van der Waals surface area (Å²) in [4.78, 5) is 10.7. The lowest BCUT2D eigenvalue weighted by atomic mass is 9.86. The molecular formula is C13H13Br2ClNO3-. The molecule has 0 aliphatic carbocycles. The fourth-order valence-corrected chi connectivity index (χ4v) is 3.78. The topological polar surface area (TPSA) is 61.4 Å². The van der Waals surface area contributed by atoms with Gasteiger partial charge in [0.25, 0.3) is 0 Å². The number of anilines is 1. The smallest absolute Gasteiger partial charge is 0.184 e. The zero-order valence-corrected chi connectivity index (χ0v) is 15.0. The third kappa shape index (κ3) is 2.42. The highest BCUT2D eigenvalue weighted by Gasteiger charge is 2.54. The Labute approximate surface area is 139 Å². The predicted molar refractivity (Wildman–Crippen MR) is 83.9 cm³/mol. The standard InChI is InChI=1S/C13H14Br2ClNO3/c1-12(2,3)13(15)10(14)6-4-5-7(16)8(9(6)20-13)17-11(18)19/h4-5,10,17H,1-3H3,(H,18,19)/p-1. The lowest BCUT2D eigenvalue weighted by molar-refractivity contribution is -0.242. The Kier molecular flexibility index (Phi) is 4.04. The van der Waals surface area contributed by atoms with Gasteiger partial charge in [0.15, 0.2) is 10.3 Å². The second-order valence-electron chi connectivity index (χ2n) is 5.61. The zero-order valence-electron chi connectivity index (χ0n) is 11.1. The summed E-state index contributed by atoms with van der Waals surface area (Å²) in [6.07, 6.45) is -1.43. The number of nitrogens with one attached hydrogen (secondary N) is 1. The second kappa shape index (κ2) is 5.07. The maximum absolute atomic E-state index is 10.8. The summed E-state index contributed by atoms with van der Waals surface area (Å²) in [6, 6.07) is 3.44. The summed E-state index contributed by atoms with van der Waals surface area (Å²) in [5.41, 5.74) is 0.787. The van der Waals surface area contributed by atoms with Gasteiger partial charge in [-0.3, -0.25) is 0 Å². The highest BCUT2D eigenvalue weighted by Crippen LogP contribution is 2.61. The molecule has 2 atom stereocenters. The van der Waals surface area contributed by atoms with Crippen molar-refractivity contribution in [1.29, 1.82) is 0 Å². The van der Waals surface area contributed by atoms with E-state index in [1.807, 2.05) is 26.8 Å². The van der Waals surface area contributed by atoms with Crippen molar-refractivity contribution in [2.24, 2.45) is 5.41 Å². The lowest BCUT2D eigenvalue weighted by Crippen LogP contribution is -2.42. The van der Waals surface area contributed by atoms with Crippen LogP contribution in [-0.2, 0) is 0 Å². The summed E-state index contributed by atoms with van der Waals surface area (Å²) in [6.45, 7) is 6.07. The summed E-state index contributed by atoms with van der Waals surface area (Å²) >= 11 is 13.3. The van der Waals surface area contributed by atoms with Gasteiger partial charge >= 0.3 is 0 Å². The first-order chi connectivity index (χ1) is 9.08. The van der Waals surface area contributed by atoms with Crippen molar-refractivity contribution < 1.29 is 14.6 Å². The minimum Gasteiger partial charge on any atom is -0.530 e. The molecule has 0 spiro atoms. The molecular weight excluding hydrogens is 413 g/mol. The Morgan fingerprint density at radius 2 is 2.10 bits per heavy atom. The largest absolute Gasteiger partial charge is 0.530 e. The number of carboxylic acid groups (broad SMARTS) is 1. The van der Waals surface area contributed by atoms with Gasteiger partial charge in [-0.25, -0.2) is 0 Å². The quantitative estimate of drug-likeness (QED) is 0.689. The van der Waals surface area contributed by atoms with E-state index in [1.54, 1.807) is 6.07 Å². The Morgan fingerprint density at radius 3 is 2.60 bits per heavy atom. The van der Waals surface area contributed by atoms with E-state index in [0.717, 1.165) is 5.56 Å². The van der Waals surface area contributed by atoms with Gasteiger partial charge in [-0.05, 0) is 22.0 Å². The second-order valence-corrected chi connectivity index (χ2v) is 8.11. The molecule has 1 heterocycles. The Bertz CT molecular complexity index is 573. The first-order valence-corrected chi connectivity index (χ1v) is 7.99. The molecule has 1 aromatic carbocycles. The predicted octanol–water partition coefficient (Wildman–Crippen LogP) is 4.06. The number of alkyl halides is 2. The van der Waals surface area contributed by atoms with E-state index in [2.05, 4.69) is 37.2 Å². The molecule has 110 valence electrons. The van der Waals surface area contributed by atoms with Crippen LogP contribution >= 0.6 is 43.5 Å². The van der Waals surface area contributed by atoms with Gasteiger partial charge in [0.1, 0.15) is 11.8 Å². The molecule has 1 amide bonds. The van der Waals surface area contributed by atoms with E-state index in [9.17, 15) is 9.90 Å². The number of carbonyl (C=O) groups excluding carboxylic acids is 1. The molecule has 0 fully saturated rings. The number of fused-ring (bicyclic) bond motifs is 1. The third-order valence-corrected chi connectivity index (χ3v) is 7.11. The van der Waals surface area contributed by atoms with E-state index in [1.165, 1.54) is 0 Å². The number of halogens is 3.